The molecule has 20 heavy (non-hydrogen) atoms. The number of ether oxygens (including phenoxy) is 1. The monoisotopic (exact) mass is 287 g/mol. The predicted octanol–water partition coefficient (Wildman–Crippen LogP) is 4.56. The molecule has 3 heteroatoms. The number of nitrogens with two attached hydrogens (primary N) is 1. The summed E-state index contributed by atoms with van der Waals surface area (Å²) in [5.41, 5.74) is 7.82. The normalized spacial score (nSPS) is 10.8. The lowest BCUT2D eigenvalue weighted by Crippen LogP contribution is -2.00. The molecule has 106 valence electrons. The van der Waals surface area contributed by atoms with Crippen LogP contribution in [0.25, 0.3) is 0 Å². The van der Waals surface area contributed by atoms with E-state index in [0.717, 1.165) is 17.2 Å². The fourth-order valence-corrected chi connectivity index (χ4v) is 2.60. The highest BCUT2D eigenvalue weighted by molar-refractivity contribution is 7.99. The lowest BCUT2D eigenvalue weighted by Gasteiger charge is -2.08. The first-order chi connectivity index (χ1) is 9.65. The van der Waals surface area contributed by atoms with Crippen LogP contribution in [0.4, 0.5) is 5.69 Å². The highest BCUT2D eigenvalue weighted by Crippen LogP contribution is 2.22. The van der Waals surface area contributed by atoms with Crippen molar-refractivity contribution < 1.29 is 4.74 Å². The minimum Gasteiger partial charge on any atom is -0.493 e. The highest BCUT2D eigenvalue weighted by Gasteiger charge is 2.00. The molecule has 0 saturated heterocycles. The third-order valence-electron chi connectivity index (χ3n) is 3.03. The van der Waals surface area contributed by atoms with E-state index in [2.05, 4.69) is 38.1 Å². The van der Waals surface area contributed by atoms with Gasteiger partial charge in [-0.1, -0.05) is 32.0 Å². The summed E-state index contributed by atoms with van der Waals surface area (Å²) in [5.74, 6) is 2.34. The lowest BCUT2D eigenvalue weighted by atomic mass is 10.0. The molecule has 0 saturated carbocycles. The second-order valence-corrected chi connectivity index (χ2v) is 6.16. The van der Waals surface area contributed by atoms with Gasteiger partial charge < -0.3 is 10.5 Å². The molecule has 0 spiro atoms. The van der Waals surface area contributed by atoms with Crippen molar-refractivity contribution in [3.63, 3.8) is 0 Å². The molecule has 2 aromatic carbocycles. The Balaban J connectivity index is 1.75. The zero-order valence-corrected chi connectivity index (χ0v) is 12.8. The second kappa shape index (κ2) is 7.25. The number of hydrogen-bond acceptors (Lipinski definition) is 3. The number of anilines is 1. The highest BCUT2D eigenvalue weighted by atomic mass is 32.2. The van der Waals surface area contributed by atoms with Crippen LogP contribution in [0.5, 0.6) is 5.75 Å². The van der Waals surface area contributed by atoms with Gasteiger partial charge in [0.25, 0.3) is 0 Å². The number of rotatable bonds is 6. The first-order valence-electron chi connectivity index (χ1n) is 6.86. The molecule has 0 amide bonds. The molecule has 2 rings (SSSR count). The maximum Gasteiger partial charge on any atom is 0.121 e. The molecule has 0 radical (unpaired) electrons. The van der Waals surface area contributed by atoms with Gasteiger partial charge in [0.15, 0.2) is 0 Å². The van der Waals surface area contributed by atoms with Gasteiger partial charge in [-0.3, -0.25) is 0 Å². The van der Waals surface area contributed by atoms with Gasteiger partial charge in [-0.25, -0.2) is 0 Å². The van der Waals surface area contributed by atoms with Crippen LogP contribution in [0.15, 0.2) is 53.4 Å². The quantitative estimate of drug-likeness (QED) is 0.480. The van der Waals surface area contributed by atoms with Gasteiger partial charge in [0.1, 0.15) is 5.75 Å². The van der Waals surface area contributed by atoms with Crippen molar-refractivity contribution >= 4 is 17.4 Å². The minimum atomic E-state index is 0.584. The van der Waals surface area contributed by atoms with Crippen molar-refractivity contribution in [2.24, 2.45) is 0 Å². The van der Waals surface area contributed by atoms with Crippen LogP contribution in [0, 0.1) is 0 Å². The number of nitrogen functional groups attached to an aromatic ring is 1. The fourth-order valence-electron chi connectivity index (χ4n) is 1.87. The summed E-state index contributed by atoms with van der Waals surface area (Å²) < 4.78 is 5.67. The lowest BCUT2D eigenvalue weighted by molar-refractivity contribution is 0.344. The average molecular weight is 287 g/mol. The molecular formula is C17H21NOS. The molecule has 0 aliphatic heterocycles. The Morgan fingerprint density at radius 1 is 1.10 bits per heavy atom. The van der Waals surface area contributed by atoms with Crippen LogP contribution in [0.1, 0.15) is 25.3 Å². The van der Waals surface area contributed by atoms with E-state index in [1.807, 2.05) is 36.0 Å². The van der Waals surface area contributed by atoms with E-state index in [0.29, 0.717) is 12.5 Å². The van der Waals surface area contributed by atoms with E-state index in [9.17, 15) is 0 Å². The Labute approximate surface area is 125 Å². The zero-order chi connectivity index (χ0) is 14.4. The topological polar surface area (TPSA) is 35.2 Å². The predicted molar refractivity (Wildman–Crippen MR) is 87.6 cm³/mol. The first-order valence-corrected chi connectivity index (χ1v) is 7.85. The van der Waals surface area contributed by atoms with E-state index >= 15 is 0 Å². The Morgan fingerprint density at radius 2 is 1.85 bits per heavy atom. The summed E-state index contributed by atoms with van der Waals surface area (Å²) in [6.45, 7) is 5.10. The summed E-state index contributed by atoms with van der Waals surface area (Å²) in [6, 6.07) is 16.3. The summed E-state index contributed by atoms with van der Waals surface area (Å²) >= 11 is 1.81. The molecule has 0 unspecified atom stereocenters. The maximum atomic E-state index is 5.71. The molecule has 0 aromatic heterocycles. The first kappa shape index (κ1) is 14.8. The van der Waals surface area contributed by atoms with Crippen LogP contribution in [-0.4, -0.2) is 12.4 Å². The third-order valence-corrected chi connectivity index (χ3v) is 4.00. The van der Waals surface area contributed by atoms with Crippen molar-refractivity contribution in [1.82, 2.24) is 0 Å². The number of thioether (sulfide) groups is 1. The molecule has 0 aliphatic carbocycles. The molecule has 0 bridgehead atoms. The van der Waals surface area contributed by atoms with Gasteiger partial charge in [0.2, 0.25) is 0 Å². The maximum absolute atomic E-state index is 5.71. The summed E-state index contributed by atoms with van der Waals surface area (Å²) in [5, 5.41) is 0. The van der Waals surface area contributed by atoms with Gasteiger partial charge in [0.05, 0.1) is 6.61 Å². The fraction of sp³-hybridized carbons (Fsp3) is 0.294. The molecule has 0 atom stereocenters. The summed E-state index contributed by atoms with van der Waals surface area (Å²) in [4.78, 5) is 1.28. The number of hydrogen-bond donors (Lipinski definition) is 1. The van der Waals surface area contributed by atoms with Crippen LogP contribution < -0.4 is 10.5 Å². The molecular weight excluding hydrogens is 266 g/mol. The van der Waals surface area contributed by atoms with Gasteiger partial charge in [-0.2, -0.15) is 0 Å². The molecule has 2 aromatic rings. The standard InChI is InChI=1S/C17H21NOS/c1-13(2)14-6-8-17(9-7-14)20-11-10-19-16-5-3-4-15(18)12-16/h3-9,12-13H,10-11,18H2,1-2H3. The van der Waals surface area contributed by atoms with Crippen molar-refractivity contribution in [2.45, 2.75) is 24.7 Å². The van der Waals surface area contributed by atoms with Crippen molar-refractivity contribution in [1.29, 1.82) is 0 Å². The third kappa shape index (κ3) is 4.49. The van der Waals surface area contributed by atoms with Crippen LogP contribution in [0.3, 0.4) is 0 Å². The van der Waals surface area contributed by atoms with E-state index < -0.39 is 0 Å². The summed E-state index contributed by atoms with van der Waals surface area (Å²) in [7, 11) is 0. The van der Waals surface area contributed by atoms with Crippen LogP contribution in [0.2, 0.25) is 0 Å². The van der Waals surface area contributed by atoms with E-state index in [-0.39, 0.29) is 0 Å². The van der Waals surface area contributed by atoms with Crippen molar-refractivity contribution in [2.75, 3.05) is 18.1 Å². The SMILES string of the molecule is CC(C)c1ccc(SCCOc2cccc(N)c2)cc1. The molecule has 0 fully saturated rings. The molecule has 2 nitrogen and oxygen atoms in total. The van der Waals surface area contributed by atoms with Gasteiger partial charge in [0, 0.05) is 22.4 Å². The van der Waals surface area contributed by atoms with Gasteiger partial charge >= 0.3 is 0 Å². The summed E-state index contributed by atoms with van der Waals surface area (Å²) in [6.07, 6.45) is 0. The Bertz CT molecular complexity index is 537. The number of benzene rings is 2. The van der Waals surface area contributed by atoms with Crippen molar-refractivity contribution in [3.8, 4) is 5.75 Å². The van der Waals surface area contributed by atoms with Crippen molar-refractivity contribution in [3.05, 3.63) is 54.1 Å². The van der Waals surface area contributed by atoms with E-state index in [4.69, 9.17) is 10.5 Å². The molecule has 0 heterocycles. The van der Waals surface area contributed by atoms with E-state index in [1.54, 1.807) is 0 Å². The van der Waals surface area contributed by atoms with Crippen LogP contribution >= 0.6 is 11.8 Å². The zero-order valence-electron chi connectivity index (χ0n) is 12.0. The average Bonchev–Trinajstić information content (AvgIpc) is 2.44. The smallest absolute Gasteiger partial charge is 0.121 e. The molecule has 0 aliphatic rings. The Morgan fingerprint density at radius 3 is 2.50 bits per heavy atom. The Hall–Kier alpha value is -1.61. The Kier molecular flexibility index (Phi) is 5.36. The van der Waals surface area contributed by atoms with Gasteiger partial charge in [-0.05, 0) is 35.7 Å². The van der Waals surface area contributed by atoms with Crippen LogP contribution in [-0.2, 0) is 0 Å². The largest absolute Gasteiger partial charge is 0.493 e. The second-order valence-electron chi connectivity index (χ2n) is 4.99. The van der Waals surface area contributed by atoms with Gasteiger partial charge in [-0.15, -0.1) is 11.8 Å². The van der Waals surface area contributed by atoms with E-state index in [1.165, 1.54) is 10.5 Å². The minimum absolute atomic E-state index is 0.584. The molecule has 2 N–H and O–H groups in total.